The zero-order chi connectivity index (χ0) is 3.54. The Morgan fingerprint density at radius 1 is 1.60 bits per heavy atom. The summed E-state index contributed by atoms with van der Waals surface area (Å²) in [5.41, 5.74) is 2.10. The first kappa shape index (κ1) is 2.84. The van der Waals surface area contributed by atoms with Crippen molar-refractivity contribution in [1.29, 1.82) is 0 Å². The van der Waals surface area contributed by atoms with Crippen LogP contribution in [0.15, 0.2) is 11.9 Å². The fraction of sp³-hybridized carbons (Fsp3) is 0. The van der Waals surface area contributed by atoms with Crippen LogP contribution in [0, 0.1) is 0 Å². The zero-order valence-corrected chi connectivity index (χ0v) is 3.73. The second-order valence-corrected chi connectivity index (χ2v) is 1.77. The Kier molecular flexibility index (Phi) is 0.665. The molecule has 1 nitrogen and oxygen atoms in total. The molecule has 0 aromatic heterocycles. The van der Waals surface area contributed by atoms with Crippen molar-refractivity contribution in [1.82, 2.24) is 5.32 Å². The van der Waals surface area contributed by atoms with Gasteiger partial charge in [0.2, 0.25) is 0 Å². The van der Waals surface area contributed by atoms with Gasteiger partial charge in [-0.05, 0) is 12.0 Å². The molecule has 0 saturated carbocycles. The van der Waals surface area contributed by atoms with Crippen molar-refractivity contribution < 1.29 is 0 Å². The van der Waals surface area contributed by atoms with E-state index in [1.54, 1.807) is 0 Å². The molecular weight excluding hydrogens is 78.1 g/mol. The topological polar surface area (TPSA) is 12.0 Å². The maximum atomic E-state index is 2.93. The Bertz CT molecular complexity index is 65.0. The van der Waals surface area contributed by atoms with Crippen LogP contribution in [0.25, 0.3) is 0 Å². The first-order valence-corrected chi connectivity index (χ1v) is 2.64. The van der Waals surface area contributed by atoms with E-state index >= 15 is 0 Å². The molecule has 1 N–H and O–H groups in total. The van der Waals surface area contributed by atoms with Gasteiger partial charge in [0, 0.05) is 0 Å². The van der Waals surface area contributed by atoms with Gasteiger partial charge in [0.25, 0.3) is 0 Å². The lowest BCUT2D eigenvalue weighted by atomic mass is 11.0. The molecule has 1 radical (unpaired) electrons. The van der Waals surface area contributed by atoms with E-state index in [1.807, 2.05) is 12.0 Å². The van der Waals surface area contributed by atoms with Crippen LogP contribution in [0.3, 0.4) is 0 Å². The lowest BCUT2D eigenvalue weighted by Gasteiger charge is -1.70. The van der Waals surface area contributed by atoms with E-state index in [0.29, 0.717) is 0 Å². The van der Waals surface area contributed by atoms with E-state index in [2.05, 4.69) is 11.0 Å². The Morgan fingerprint density at radius 3 is 2.80 bits per heavy atom. The highest BCUT2D eigenvalue weighted by molar-refractivity contribution is 6.53. The van der Waals surface area contributed by atoms with Crippen LogP contribution in [-0.4, -0.2) is 14.9 Å². The highest BCUT2D eigenvalue weighted by Gasteiger charge is 1.69. The predicted molar refractivity (Wildman–Crippen MR) is 24.1 cm³/mol. The first-order valence-electron chi connectivity index (χ1n) is 1.49. The van der Waals surface area contributed by atoms with Crippen molar-refractivity contribution in [3.8, 4) is 0 Å². The number of nitrogens with one attached hydrogen (secondary N) is 1. The van der Waals surface area contributed by atoms with E-state index in [9.17, 15) is 0 Å². The first-order chi connectivity index (χ1) is 2.50. The number of hydrogen-bond acceptors (Lipinski definition) is 1. The average Bonchev–Trinajstić information content (AvgIpc) is 1.76. The van der Waals surface area contributed by atoms with Gasteiger partial charge in [0.1, 0.15) is 0 Å². The highest BCUT2D eigenvalue weighted by atomic mass is 28.2. The summed E-state index contributed by atoms with van der Waals surface area (Å²) < 4.78 is 0. The summed E-state index contributed by atoms with van der Waals surface area (Å²) in [6.07, 6.45) is 1.94. The van der Waals surface area contributed by atoms with Crippen molar-refractivity contribution >= 4 is 14.9 Å². The molecule has 0 aromatic carbocycles. The summed E-state index contributed by atoms with van der Waals surface area (Å²) >= 11 is 0. The molecule has 0 unspecified atom stereocenters. The quantitative estimate of drug-likeness (QED) is 0.389. The van der Waals surface area contributed by atoms with Crippen molar-refractivity contribution in [3.05, 3.63) is 11.9 Å². The van der Waals surface area contributed by atoms with Gasteiger partial charge in [0.05, 0.1) is 9.13 Å². The minimum Gasteiger partial charge on any atom is -0.372 e. The summed E-state index contributed by atoms with van der Waals surface area (Å²) in [6, 6.07) is 0. The average molecular weight is 82.2 g/mol. The van der Waals surface area contributed by atoms with Crippen LogP contribution < -0.4 is 5.32 Å². The van der Waals surface area contributed by atoms with Gasteiger partial charge in [-0.15, -0.1) is 0 Å². The molecule has 0 aliphatic carbocycles. The Hall–Kier alpha value is -0.373. The van der Waals surface area contributed by atoms with Crippen LogP contribution >= 0.6 is 0 Å². The summed E-state index contributed by atoms with van der Waals surface area (Å²) in [5, 5.41) is 2.93. The smallest absolute Gasteiger partial charge is 0.0736 e. The largest absolute Gasteiger partial charge is 0.372 e. The lowest BCUT2D eigenvalue weighted by molar-refractivity contribution is 1.37. The van der Waals surface area contributed by atoms with Gasteiger partial charge < -0.3 is 5.32 Å². The molecule has 0 fully saturated rings. The van der Waals surface area contributed by atoms with Gasteiger partial charge >= 0.3 is 0 Å². The normalized spacial score (nSPS) is 16.0. The molecular formula is C3H4NSi. The Labute approximate surface area is 33.1 Å². The van der Waals surface area contributed by atoms with Crippen LogP contribution in [0.2, 0.25) is 0 Å². The maximum Gasteiger partial charge on any atom is 0.0736 e. The monoisotopic (exact) mass is 82.0 g/mol. The van der Waals surface area contributed by atoms with E-state index in [4.69, 9.17) is 0 Å². The SMILES string of the molecule is C1=C[Si]=CN1. The standard InChI is InChI=1S/C3H4NSi/c1-2-5-3-4-1/h1-4H. The van der Waals surface area contributed by atoms with Gasteiger partial charge in [-0.25, -0.2) is 0 Å². The zero-order valence-electron chi connectivity index (χ0n) is 2.73. The minimum absolute atomic E-state index is 0.892. The molecule has 2 heteroatoms. The third kappa shape index (κ3) is 0.448. The van der Waals surface area contributed by atoms with E-state index in [0.717, 1.165) is 9.13 Å². The van der Waals surface area contributed by atoms with Crippen LogP contribution in [0.4, 0.5) is 0 Å². The third-order valence-corrected chi connectivity index (χ3v) is 1.13. The molecule has 0 spiro atoms. The Morgan fingerprint density at radius 2 is 2.60 bits per heavy atom. The molecule has 25 valence electrons. The van der Waals surface area contributed by atoms with E-state index < -0.39 is 0 Å². The molecule has 1 heterocycles. The van der Waals surface area contributed by atoms with Crippen molar-refractivity contribution in [2.24, 2.45) is 0 Å². The second kappa shape index (κ2) is 1.17. The van der Waals surface area contributed by atoms with Crippen molar-refractivity contribution in [2.45, 2.75) is 0 Å². The minimum atomic E-state index is 0.892. The molecule has 1 rings (SSSR count). The summed E-state index contributed by atoms with van der Waals surface area (Å²) in [6.45, 7) is 0. The molecule has 0 amide bonds. The fourth-order valence-corrected chi connectivity index (χ4v) is 0.722. The Balaban J connectivity index is 2.61. The van der Waals surface area contributed by atoms with Crippen LogP contribution in [-0.2, 0) is 0 Å². The molecule has 0 atom stereocenters. The summed E-state index contributed by atoms with van der Waals surface area (Å²) in [4.78, 5) is 0. The van der Waals surface area contributed by atoms with Gasteiger partial charge in [-0.3, -0.25) is 0 Å². The molecule has 5 heavy (non-hydrogen) atoms. The molecule has 1 aliphatic heterocycles. The van der Waals surface area contributed by atoms with Crippen LogP contribution in [0.5, 0.6) is 0 Å². The highest BCUT2D eigenvalue weighted by Crippen LogP contribution is 1.60. The van der Waals surface area contributed by atoms with Crippen molar-refractivity contribution in [2.75, 3.05) is 0 Å². The third-order valence-electron chi connectivity index (χ3n) is 0.442. The maximum absolute atomic E-state index is 2.93. The fourth-order valence-electron chi connectivity index (χ4n) is 0.241. The lowest BCUT2D eigenvalue weighted by Crippen LogP contribution is -1.94. The van der Waals surface area contributed by atoms with E-state index in [1.165, 1.54) is 0 Å². The van der Waals surface area contributed by atoms with Gasteiger partial charge in [0.15, 0.2) is 0 Å². The molecule has 0 aromatic rings. The van der Waals surface area contributed by atoms with Crippen molar-refractivity contribution in [3.63, 3.8) is 0 Å². The van der Waals surface area contributed by atoms with Gasteiger partial charge in [-0.1, -0.05) is 5.70 Å². The number of hydrogen-bond donors (Lipinski definition) is 1. The summed E-state index contributed by atoms with van der Waals surface area (Å²) in [7, 11) is 0.892. The van der Waals surface area contributed by atoms with Gasteiger partial charge in [-0.2, -0.15) is 0 Å². The molecule has 0 bridgehead atoms. The molecule has 0 saturated heterocycles. The van der Waals surface area contributed by atoms with Crippen LogP contribution in [0.1, 0.15) is 0 Å². The number of rotatable bonds is 0. The summed E-state index contributed by atoms with van der Waals surface area (Å²) in [5.74, 6) is 2.03. The van der Waals surface area contributed by atoms with E-state index in [-0.39, 0.29) is 0 Å². The second-order valence-electron chi connectivity index (χ2n) is 0.811. The molecule has 1 aliphatic rings. The predicted octanol–water partition coefficient (Wildman–Crippen LogP) is -0.475.